The fraction of sp³-hybridized carbons (Fsp3) is 0.214. The van der Waals surface area contributed by atoms with E-state index in [9.17, 15) is 0 Å². The molecule has 0 spiro atoms. The number of ether oxygens (including phenoxy) is 1. The highest BCUT2D eigenvalue weighted by atomic mass is 79.9. The number of aromatic nitrogens is 1. The molecule has 0 unspecified atom stereocenters. The maximum atomic E-state index is 5.83. The Morgan fingerprint density at radius 2 is 2.06 bits per heavy atom. The molecule has 4 heteroatoms. The van der Waals surface area contributed by atoms with Crippen LogP contribution >= 0.6 is 31.9 Å². The molecule has 18 heavy (non-hydrogen) atoms. The van der Waals surface area contributed by atoms with Crippen LogP contribution in [0.5, 0.6) is 5.75 Å². The number of pyridine rings is 1. The lowest BCUT2D eigenvalue weighted by molar-refractivity contribution is 0.303. The molecule has 2 aromatic rings. The lowest BCUT2D eigenvalue weighted by Crippen LogP contribution is -1.98. The standard InChI is InChI=1S/C14H13Br2NO/c1-10-2-3-14(12(4-10)6-15)18-9-11-5-13(16)8-17-7-11/h2-5,7-8H,6,9H2,1H3. The van der Waals surface area contributed by atoms with Gasteiger partial charge in [0.05, 0.1) is 0 Å². The van der Waals surface area contributed by atoms with Gasteiger partial charge in [0.25, 0.3) is 0 Å². The van der Waals surface area contributed by atoms with E-state index in [1.54, 1.807) is 6.20 Å². The second-order valence-corrected chi connectivity index (χ2v) is 5.52. The number of benzene rings is 1. The first kappa shape index (κ1) is 13.6. The summed E-state index contributed by atoms with van der Waals surface area (Å²) in [4.78, 5) is 4.12. The van der Waals surface area contributed by atoms with Crippen LogP contribution in [0.2, 0.25) is 0 Å². The van der Waals surface area contributed by atoms with Crippen molar-refractivity contribution in [3.63, 3.8) is 0 Å². The average Bonchev–Trinajstić information content (AvgIpc) is 2.37. The summed E-state index contributed by atoms with van der Waals surface area (Å²) in [7, 11) is 0. The van der Waals surface area contributed by atoms with Crippen molar-refractivity contribution in [1.82, 2.24) is 4.98 Å². The Kier molecular flexibility index (Phi) is 4.78. The zero-order valence-corrected chi connectivity index (χ0v) is 13.2. The summed E-state index contributed by atoms with van der Waals surface area (Å²) < 4.78 is 6.80. The van der Waals surface area contributed by atoms with Gasteiger partial charge in [0, 0.05) is 33.3 Å². The third-order valence-electron chi connectivity index (χ3n) is 2.52. The van der Waals surface area contributed by atoms with Gasteiger partial charge in [-0.15, -0.1) is 0 Å². The highest BCUT2D eigenvalue weighted by molar-refractivity contribution is 9.10. The SMILES string of the molecule is Cc1ccc(OCc2cncc(Br)c2)c(CBr)c1. The predicted molar refractivity (Wildman–Crippen MR) is 80.1 cm³/mol. The Balaban J connectivity index is 2.10. The number of hydrogen-bond acceptors (Lipinski definition) is 2. The van der Waals surface area contributed by atoms with Gasteiger partial charge in [0.1, 0.15) is 12.4 Å². The van der Waals surface area contributed by atoms with Crippen LogP contribution in [0.25, 0.3) is 0 Å². The summed E-state index contributed by atoms with van der Waals surface area (Å²) in [6.07, 6.45) is 3.58. The van der Waals surface area contributed by atoms with E-state index in [2.05, 4.69) is 55.9 Å². The van der Waals surface area contributed by atoms with Gasteiger partial charge in [0.2, 0.25) is 0 Å². The number of hydrogen-bond donors (Lipinski definition) is 0. The molecule has 0 fully saturated rings. The fourth-order valence-corrected chi connectivity index (χ4v) is 2.50. The molecule has 2 rings (SSSR count). The van der Waals surface area contributed by atoms with E-state index in [-0.39, 0.29) is 0 Å². The predicted octanol–water partition coefficient (Wildman–Crippen LogP) is 4.63. The normalized spacial score (nSPS) is 10.4. The third-order valence-corrected chi connectivity index (χ3v) is 3.55. The first-order valence-electron chi connectivity index (χ1n) is 5.57. The van der Waals surface area contributed by atoms with Crippen molar-refractivity contribution >= 4 is 31.9 Å². The summed E-state index contributed by atoms with van der Waals surface area (Å²) in [5, 5.41) is 0.792. The Morgan fingerprint density at radius 3 is 2.78 bits per heavy atom. The average molecular weight is 371 g/mol. The summed E-state index contributed by atoms with van der Waals surface area (Å²) in [6.45, 7) is 2.60. The Bertz CT molecular complexity index is 543. The van der Waals surface area contributed by atoms with Gasteiger partial charge in [-0.2, -0.15) is 0 Å². The molecule has 0 aliphatic rings. The van der Waals surface area contributed by atoms with Gasteiger partial charge in [-0.3, -0.25) is 4.98 Å². The van der Waals surface area contributed by atoms with Crippen molar-refractivity contribution in [3.05, 3.63) is 57.8 Å². The molecule has 0 saturated carbocycles. The van der Waals surface area contributed by atoms with Crippen molar-refractivity contribution in [2.45, 2.75) is 18.9 Å². The second kappa shape index (κ2) is 6.34. The largest absolute Gasteiger partial charge is 0.489 e. The Morgan fingerprint density at radius 1 is 1.22 bits per heavy atom. The van der Waals surface area contributed by atoms with E-state index in [0.717, 1.165) is 26.7 Å². The monoisotopic (exact) mass is 369 g/mol. The van der Waals surface area contributed by atoms with Gasteiger partial charge >= 0.3 is 0 Å². The van der Waals surface area contributed by atoms with Gasteiger partial charge < -0.3 is 4.74 Å². The van der Waals surface area contributed by atoms with E-state index in [1.807, 2.05) is 18.3 Å². The topological polar surface area (TPSA) is 22.1 Å². The highest BCUT2D eigenvalue weighted by Gasteiger charge is 2.04. The number of aryl methyl sites for hydroxylation is 1. The van der Waals surface area contributed by atoms with Crippen molar-refractivity contribution in [1.29, 1.82) is 0 Å². The van der Waals surface area contributed by atoms with Crippen LogP contribution in [0.1, 0.15) is 16.7 Å². The molecule has 0 N–H and O–H groups in total. The molecule has 0 bridgehead atoms. The molecule has 2 nitrogen and oxygen atoms in total. The van der Waals surface area contributed by atoms with Crippen LogP contribution in [-0.2, 0) is 11.9 Å². The Labute approximate surface area is 124 Å². The highest BCUT2D eigenvalue weighted by Crippen LogP contribution is 2.23. The number of nitrogens with zero attached hydrogens (tertiary/aromatic N) is 1. The molecule has 1 aromatic heterocycles. The molecule has 1 heterocycles. The van der Waals surface area contributed by atoms with E-state index in [0.29, 0.717) is 6.61 Å². The third kappa shape index (κ3) is 3.56. The lowest BCUT2D eigenvalue weighted by atomic mass is 10.1. The fourth-order valence-electron chi connectivity index (χ4n) is 1.65. The minimum Gasteiger partial charge on any atom is -0.489 e. The number of alkyl halides is 1. The van der Waals surface area contributed by atoms with E-state index in [1.165, 1.54) is 5.56 Å². The van der Waals surface area contributed by atoms with Crippen LogP contribution in [0.3, 0.4) is 0 Å². The van der Waals surface area contributed by atoms with E-state index < -0.39 is 0 Å². The van der Waals surface area contributed by atoms with Crippen LogP contribution in [0.15, 0.2) is 41.1 Å². The van der Waals surface area contributed by atoms with Gasteiger partial charge in [-0.1, -0.05) is 33.6 Å². The zero-order chi connectivity index (χ0) is 13.0. The maximum absolute atomic E-state index is 5.83. The summed E-state index contributed by atoms with van der Waals surface area (Å²) >= 11 is 6.88. The molecule has 0 saturated heterocycles. The van der Waals surface area contributed by atoms with Crippen LogP contribution < -0.4 is 4.74 Å². The first-order valence-corrected chi connectivity index (χ1v) is 7.48. The Hall–Kier alpha value is -0.870. The molecular weight excluding hydrogens is 358 g/mol. The van der Waals surface area contributed by atoms with Crippen LogP contribution in [-0.4, -0.2) is 4.98 Å². The molecule has 0 atom stereocenters. The molecule has 0 aliphatic heterocycles. The van der Waals surface area contributed by atoms with Gasteiger partial charge in [-0.25, -0.2) is 0 Å². The number of rotatable bonds is 4. The van der Waals surface area contributed by atoms with Crippen molar-refractivity contribution in [3.8, 4) is 5.75 Å². The summed E-state index contributed by atoms with van der Waals surface area (Å²) in [5.41, 5.74) is 3.45. The van der Waals surface area contributed by atoms with Gasteiger partial charge in [0.15, 0.2) is 0 Å². The van der Waals surface area contributed by atoms with Gasteiger partial charge in [-0.05, 0) is 35.0 Å². The molecule has 94 valence electrons. The first-order chi connectivity index (χ1) is 8.69. The molecule has 0 amide bonds. The second-order valence-electron chi connectivity index (χ2n) is 4.04. The van der Waals surface area contributed by atoms with Crippen molar-refractivity contribution in [2.75, 3.05) is 0 Å². The molecule has 1 aromatic carbocycles. The lowest BCUT2D eigenvalue weighted by Gasteiger charge is -2.10. The minimum atomic E-state index is 0.523. The minimum absolute atomic E-state index is 0.523. The zero-order valence-electron chi connectivity index (χ0n) is 9.99. The summed E-state index contributed by atoms with van der Waals surface area (Å²) in [6, 6.07) is 8.20. The van der Waals surface area contributed by atoms with E-state index in [4.69, 9.17) is 4.74 Å². The maximum Gasteiger partial charge on any atom is 0.123 e. The van der Waals surface area contributed by atoms with Crippen LogP contribution in [0, 0.1) is 6.92 Å². The van der Waals surface area contributed by atoms with E-state index >= 15 is 0 Å². The smallest absolute Gasteiger partial charge is 0.123 e. The quantitative estimate of drug-likeness (QED) is 0.732. The molecule has 0 aliphatic carbocycles. The van der Waals surface area contributed by atoms with Crippen molar-refractivity contribution < 1.29 is 4.74 Å². The molecule has 0 radical (unpaired) electrons. The van der Waals surface area contributed by atoms with Crippen LogP contribution in [0.4, 0.5) is 0 Å². The number of halogens is 2. The molecular formula is C14H13Br2NO. The summed E-state index contributed by atoms with van der Waals surface area (Å²) in [5.74, 6) is 0.914. The van der Waals surface area contributed by atoms with Crippen molar-refractivity contribution in [2.24, 2.45) is 0 Å².